The molecule has 0 fully saturated rings. The van der Waals surface area contributed by atoms with Crippen LogP contribution in [0.1, 0.15) is 23.2 Å². The fourth-order valence-electron chi connectivity index (χ4n) is 1.12. The molecule has 1 aromatic heterocycles. The summed E-state index contributed by atoms with van der Waals surface area (Å²) in [6, 6.07) is 0.908. The largest absolute Gasteiger partial charge is 0.392 e. The fourth-order valence-corrected chi connectivity index (χ4v) is 1.12. The van der Waals surface area contributed by atoms with Crippen molar-refractivity contribution in [2.24, 2.45) is 0 Å². The van der Waals surface area contributed by atoms with Crippen LogP contribution in [-0.2, 0) is 6.61 Å². The Morgan fingerprint density at radius 3 is 2.67 bits per heavy atom. The van der Waals surface area contributed by atoms with Gasteiger partial charge < -0.3 is 15.2 Å². The van der Waals surface area contributed by atoms with Crippen LogP contribution in [0.25, 0.3) is 0 Å². The van der Waals surface area contributed by atoms with E-state index < -0.39 is 29.3 Å². The highest BCUT2D eigenvalue weighted by molar-refractivity contribution is 5.39. The molecule has 5 nitrogen and oxygen atoms in total. The lowest BCUT2D eigenvalue weighted by molar-refractivity contribution is -0.391. The number of aryl methyl sites for hydroxylation is 1. The van der Waals surface area contributed by atoms with Gasteiger partial charge in [-0.1, -0.05) is 0 Å². The summed E-state index contributed by atoms with van der Waals surface area (Å²) in [5, 5.41) is 19.2. The smallest absolute Gasteiger partial charge is 0.372 e. The van der Waals surface area contributed by atoms with Crippen molar-refractivity contribution in [2.45, 2.75) is 20.0 Å². The standard InChI is InChI=1S/C8H8F2N2O3/c1-4-5(3-13)2-6(7(9)10)8(11-4)12(14)15/h2,7,13H,3H2,1H3. The van der Waals surface area contributed by atoms with E-state index >= 15 is 0 Å². The van der Waals surface area contributed by atoms with Crippen LogP contribution in [0.5, 0.6) is 0 Å². The molecule has 0 atom stereocenters. The predicted molar refractivity (Wildman–Crippen MR) is 46.5 cm³/mol. The van der Waals surface area contributed by atoms with E-state index in [2.05, 4.69) is 4.98 Å². The Bertz CT molecular complexity index is 396. The Balaban J connectivity index is 3.38. The maximum atomic E-state index is 12.4. The average Bonchev–Trinajstić information content (AvgIpc) is 2.16. The van der Waals surface area contributed by atoms with E-state index in [9.17, 15) is 18.9 Å². The third-order valence-electron chi connectivity index (χ3n) is 1.90. The van der Waals surface area contributed by atoms with Crippen LogP contribution in [0.4, 0.5) is 14.6 Å². The molecule has 1 rings (SSSR count). The summed E-state index contributed by atoms with van der Waals surface area (Å²) in [6.07, 6.45) is -2.98. The molecule has 0 aliphatic carbocycles. The number of hydrogen-bond acceptors (Lipinski definition) is 4. The topological polar surface area (TPSA) is 76.3 Å². The van der Waals surface area contributed by atoms with Gasteiger partial charge in [0, 0.05) is 12.5 Å². The fraction of sp³-hybridized carbons (Fsp3) is 0.375. The number of nitro groups is 1. The minimum Gasteiger partial charge on any atom is -0.392 e. The molecule has 0 bridgehead atoms. The van der Waals surface area contributed by atoms with Gasteiger partial charge in [-0.05, 0) is 16.0 Å². The second kappa shape index (κ2) is 4.26. The first kappa shape index (κ1) is 11.4. The number of hydrogen-bond donors (Lipinski definition) is 1. The van der Waals surface area contributed by atoms with Gasteiger partial charge in [-0.15, -0.1) is 0 Å². The summed E-state index contributed by atoms with van der Waals surface area (Å²) in [5.41, 5.74) is -0.431. The lowest BCUT2D eigenvalue weighted by atomic mass is 10.1. The molecule has 0 amide bonds. The molecule has 82 valence electrons. The molecular weight excluding hydrogens is 210 g/mol. The number of pyridine rings is 1. The predicted octanol–water partition coefficient (Wildman–Crippen LogP) is 1.73. The molecule has 0 aliphatic rings. The maximum Gasteiger partial charge on any atom is 0.372 e. The first-order valence-electron chi connectivity index (χ1n) is 4.01. The first-order valence-corrected chi connectivity index (χ1v) is 4.01. The Kier molecular flexibility index (Phi) is 3.25. The zero-order valence-electron chi connectivity index (χ0n) is 7.78. The average molecular weight is 218 g/mol. The van der Waals surface area contributed by atoms with Crippen molar-refractivity contribution in [1.29, 1.82) is 0 Å². The van der Waals surface area contributed by atoms with E-state index in [0.29, 0.717) is 0 Å². The Hall–Kier alpha value is -1.63. The number of aliphatic hydroxyl groups is 1. The zero-order valence-corrected chi connectivity index (χ0v) is 7.78. The van der Waals surface area contributed by atoms with Crippen molar-refractivity contribution in [1.82, 2.24) is 4.98 Å². The van der Waals surface area contributed by atoms with E-state index in [1.165, 1.54) is 6.92 Å². The van der Waals surface area contributed by atoms with E-state index in [0.717, 1.165) is 6.07 Å². The van der Waals surface area contributed by atoms with Crippen molar-refractivity contribution in [3.8, 4) is 0 Å². The van der Waals surface area contributed by atoms with Crippen LogP contribution in [0.2, 0.25) is 0 Å². The molecule has 0 saturated carbocycles. The molecule has 0 aromatic carbocycles. The van der Waals surface area contributed by atoms with Gasteiger partial charge in [0.1, 0.15) is 5.56 Å². The molecule has 1 heterocycles. The van der Waals surface area contributed by atoms with E-state index in [1.54, 1.807) is 0 Å². The van der Waals surface area contributed by atoms with Crippen molar-refractivity contribution >= 4 is 5.82 Å². The SMILES string of the molecule is Cc1nc([N+](=O)[O-])c(C(F)F)cc1CO. The highest BCUT2D eigenvalue weighted by Gasteiger charge is 2.25. The van der Waals surface area contributed by atoms with Crippen molar-refractivity contribution in [2.75, 3.05) is 0 Å². The number of halogens is 2. The number of aliphatic hydroxyl groups excluding tert-OH is 1. The van der Waals surface area contributed by atoms with Crippen molar-refractivity contribution in [3.63, 3.8) is 0 Å². The number of nitrogens with zero attached hydrogens (tertiary/aromatic N) is 2. The molecule has 0 aliphatic heterocycles. The number of aromatic nitrogens is 1. The van der Waals surface area contributed by atoms with Crippen LogP contribution < -0.4 is 0 Å². The minimum absolute atomic E-state index is 0.163. The molecule has 0 saturated heterocycles. The van der Waals surface area contributed by atoms with Crippen LogP contribution in [0.15, 0.2) is 6.07 Å². The summed E-state index contributed by atoms with van der Waals surface area (Å²) in [7, 11) is 0. The molecule has 15 heavy (non-hydrogen) atoms. The number of rotatable bonds is 3. The van der Waals surface area contributed by atoms with Gasteiger partial charge in [0.05, 0.1) is 6.61 Å². The summed E-state index contributed by atoms with van der Waals surface area (Å²) in [5.74, 6) is -0.861. The quantitative estimate of drug-likeness (QED) is 0.619. The van der Waals surface area contributed by atoms with E-state index in [4.69, 9.17) is 5.11 Å². The van der Waals surface area contributed by atoms with Gasteiger partial charge in [-0.2, -0.15) is 0 Å². The van der Waals surface area contributed by atoms with Gasteiger partial charge in [0.25, 0.3) is 6.43 Å². The second-order valence-corrected chi connectivity index (χ2v) is 2.86. The zero-order chi connectivity index (χ0) is 11.6. The molecule has 0 spiro atoms. The highest BCUT2D eigenvalue weighted by atomic mass is 19.3. The van der Waals surface area contributed by atoms with Gasteiger partial charge in [-0.25, -0.2) is 8.78 Å². The minimum atomic E-state index is -2.98. The van der Waals surface area contributed by atoms with E-state index in [1.807, 2.05) is 0 Å². The maximum absolute atomic E-state index is 12.4. The van der Waals surface area contributed by atoms with E-state index in [-0.39, 0.29) is 11.3 Å². The Morgan fingerprint density at radius 1 is 1.67 bits per heavy atom. The summed E-state index contributed by atoms with van der Waals surface area (Å²) >= 11 is 0. The van der Waals surface area contributed by atoms with Crippen molar-refractivity contribution in [3.05, 3.63) is 33.0 Å². The lowest BCUT2D eigenvalue weighted by Gasteiger charge is -2.04. The monoisotopic (exact) mass is 218 g/mol. The van der Waals surface area contributed by atoms with Gasteiger partial charge in [-0.3, -0.25) is 0 Å². The van der Waals surface area contributed by atoms with Crippen LogP contribution in [0.3, 0.4) is 0 Å². The van der Waals surface area contributed by atoms with Crippen LogP contribution in [-0.4, -0.2) is 15.0 Å². The van der Waals surface area contributed by atoms with Crippen LogP contribution in [0, 0.1) is 17.0 Å². The van der Waals surface area contributed by atoms with Gasteiger partial charge in [0.15, 0.2) is 5.69 Å². The summed E-state index contributed by atoms with van der Waals surface area (Å²) in [6.45, 7) is 0.935. The van der Waals surface area contributed by atoms with Crippen LogP contribution >= 0.6 is 0 Å². The van der Waals surface area contributed by atoms with Gasteiger partial charge >= 0.3 is 5.82 Å². The molecule has 1 N–H and O–H groups in total. The first-order chi connectivity index (χ1) is 6.97. The summed E-state index contributed by atoms with van der Waals surface area (Å²) in [4.78, 5) is 12.9. The molecule has 0 radical (unpaired) electrons. The van der Waals surface area contributed by atoms with Crippen molar-refractivity contribution < 1.29 is 18.8 Å². The molecular formula is C8H8F2N2O3. The molecule has 1 aromatic rings. The Morgan fingerprint density at radius 2 is 2.27 bits per heavy atom. The second-order valence-electron chi connectivity index (χ2n) is 2.86. The summed E-state index contributed by atoms with van der Waals surface area (Å²) < 4.78 is 24.8. The highest BCUT2D eigenvalue weighted by Crippen LogP contribution is 2.28. The Labute approximate surface area is 83.5 Å². The third kappa shape index (κ3) is 2.24. The number of alkyl halides is 2. The molecule has 7 heteroatoms. The van der Waals surface area contributed by atoms with Gasteiger partial charge in [0.2, 0.25) is 0 Å². The molecule has 0 unspecified atom stereocenters. The normalized spacial score (nSPS) is 10.7. The lowest BCUT2D eigenvalue weighted by Crippen LogP contribution is -2.04. The third-order valence-corrected chi connectivity index (χ3v) is 1.90.